The summed E-state index contributed by atoms with van der Waals surface area (Å²) in [5.74, 6) is -0.367. The van der Waals surface area contributed by atoms with Crippen LogP contribution in [-0.4, -0.2) is 15.2 Å². The standard InChI is InChI=1S/C19H11F3N2OS/c20-19(21,22)17-15(24-9-10-26-18(24)23-17)7-8-16(25)14-6-5-12-3-1-2-4-13(12)11-14/h1-11H/b8-7+. The monoisotopic (exact) mass is 372 g/mol. The van der Waals surface area contributed by atoms with E-state index >= 15 is 0 Å². The topological polar surface area (TPSA) is 34.4 Å². The van der Waals surface area contributed by atoms with E-state index in [4.69, 9.17) is 0 Å². The van der Waals surface area contributed by atoms with Crippen LogP contribution in [0.5, 0.6) is 0 Å². The molecule has 2 aromatic carbocycles. The molecule has 2 aromatic heterocycles. The van der Waals surface area contributed by atoms with Crippen LogP contribution in [0.2, 0.25) is 0 Å². The summed E-state index contributed by atoms with van der Waals surface area (Å²) >= 11 is 1.10. The Balaban J connectivity index is 1.72. The van der Waals surface area contributed by atoms with Gasteiger partial charge in [0.2, 0.25) is 0 Å². The molecule has 0 unspecified atom stereocenters. The fraction of sp³-hybridized carbons (Fsp3) is 0.0526. The Morgan fingerprint density at radius 2 is 1.88 bits per heavy atom. The van der Waals surface area contributed by atoms with Gasteiger partial charge in [0.15, 0.2) is 16.4 Å². The van der Waals surface area contributed by atoms with Crippen LogP contribution in [0.4, 0.5) is 13.2 Å². The van der Waals surface area contributed by atoms with Crippen LogP contribution in [-0.2, 0) is 6.18 Å². The second kappa shape index (κ2) is 6.10. The molecule has 0 radical (unpaired) electrons. The largest absolute Gasteiger partial charge is 0.435 e. The van der Waals surface area contributed by atoms with Gasteiger partial charge in [-0.2, -0.15) is 13.2 Å². The van der Waals surface area contributed by atoms with E-state index in [2.05, 4.69) is 4.98 Å². The molecule has 0 saturated carbocycles. The molecule has 0 spiro atoms. The van der Waals surface area contributed by atoms with Crippen LogP contribution in [0.15, 0.2) is 60.1 Å². The van der Waals surface area contributed by atoms with Crippen molar-refractivity contribution >= 4 is 38.9 Å². The molecule has 7 heteroatoms. The quantitative estimate of drug-likeness (QED) is 0.353. The second-order valence-electron chi connectivity index (χ2n) is 5.66. The summed E-state index contributed by atoms with van der Waals surface area (Å²) in [4.78, 5) is 16.3. The fourth-order valence-electron chi connectivity index (χ4n) is 2.76. The highest BCUT2D eigenvalue weighted by molar-refractivity contribution is 7.15. The minimum atomic E-state index is -4.59. The Kier molecular flexibility index (Phi) is 3.88. The number of imidazole rings is 1. The summed E-state index contributed by atoms with van der Waals surface area (Å²) in [6, 6.07) is 12.8. The first-order valence-electron chi connectivity index (χ1n) is 7.67. The van der Waals surface area contributed by atoms with E-state index in [0.717, 1.165) is 28.2 Å². The normalized spacial score (nSPS) is 12.4. The number of carbonyl (C=O) groups excluding carboxylic acids is 1. The summed E-state index contributed by atoms with van der Waals surface area (Å²) in [7, 11) is 0. The van der Waals surface area contributed by atoms with Gasteiger partial charge in [0, 0.05) is 17.1 Å². The van der Waals surface area contributed by atoms with Crippen LogP contribution in [0, 0.1) is 0 Å². The van der Waals surface area contributed by atoms with E-state index in [1.807, 2.05) is 30.3 Å². The van der Waals surface area contributed by atoms with Crippen molar-refractivity contribution in [1.29, 1.82) is 0 Å². The summed E-state index contributed by atoms with van der Waals surface area (Å²) < 4.78 is 40.9. The lowest BCUT2D eigenvalue weighted by Crippen LogP contribution is -2.08. The number of ketones is 1. The zero-order valence-electron chi connectivity index (χ0n) is 13.2. The summed E-state index contributed by atoms with van der Waals surface area (Å²) in [6.45, 7) is 0. The molecule has 26 heavy (non-hydrogen) atoms. The molecular weight excluding hydrogens is 361 g/mol. The summed E-state index contributed by atoms with van der Waals surface area (Å²) in [5, 5.41) is 3.53. The Hall–Kier alpha value is -2.93. The molecule has 0 fully saturated rings. The highest BCUT2D eigenvalue weighted by Gasteiger charge is 2.37. The molecule has 0 atom stereocenters. The maximum Gasteiger partial charge on any atom is 0.435 e. The predicted molar refractivity (Wildman–Crippen MR) is 95.4 cm³/mol. The number of fused-ring (bicyclic) bond motifs is 2. The second-order valence-corrected chi connectivity index (χ2v) is 6.53. The van der Waals surface area contributed by atoms with Crippen molar-refractivity contribution in [2.24, 2.45) is 0 Å². The molecule has 3 nitrogen and oxygen atoms in total. The molecule has 4 aromatic rings. The number of hydrogen-bond donors (Lipinski definition) is 0. The molecular formula is C19H11F3N2OS. The van der Waals surface area contributed by atoms with Gasteiger partial charge in [0.25, 0.3) is 0 Å². The zero-order chi connectivity index (χ0) is 18.3. The SMILES string of the molecule is O=C(/C=C/c1c(C(F)(F)F)nc2sccn12)c1ccc2ccccc2c1. The van der Waals surface area contributed by atoms with E-state index in [1.165, 1.54) is 16.7 Å². The van der Waals surface area contributed by atoms with Gasteiger partial charge in [-0.1, -0.05) is 36.4 Å². The molecule has 4 rings (SSSR count). The van der Waals surface area contributed by atoms with Gasteiger partial charge in [-0.05, 0) is 29.0 Å². The smallest absolute Gasteiger partial charge is 0.290 e. The minimum absolute atomic E-state index is 0.150. The Morgan fingerprint density at radius 3 is 2.65 bits per heavy atom. The van der Waals surface area contributed by atoms with Gasteiger partial charge >= 0.3 is 6.18 Å². The Bertz CT molecular complexity index is 1150. The number of hydrogen-bond acceptors (Lipinski definition) is 3. The van der Waals surface area contributed by atoms with Crippen molar-refractivity contribution in [3.05, 3.63) is 77.1 Å². The molecule has 0 aliphatic carbocycles. The molecule has 0 N–H and O–H groups in total. The van der Waals surface area contributed by atoms with E-state index < -0.39 is 11.9 Å². The maximum atomic E-state index is 13.2. The van der Waals surface area contributed by atoms with E-state index in [9.17, 15) is 18.0 Å². The molecule has 2 heterocycles. The Labute approximate surface area is 150 Å². The maximum absolute atomic E-state index is 13.2. The van der Waals surface area contributed by atoms with Gasteiger partial charge in [0.1, 0.15) is 0 Å². The lowest BCUT2D eigenvalue weighted by molar-refractivity contribution is -0.140. The number of rotatable bonds is 3. The number of nitrogens with zero attached hydrogens (tertiary/aromatic N) is 2. The molecule has 0 amide bonds. The number of halogens is 3. The summed E-state index contributed by atoms with van der Waals surface area (Å²) in [6.07, 6.45) is -0.757. The average Bonchev–Trinajstić information content (AvgIpc) is 3.20. The number of thiazole rings is 1. The van der Waals surface area contributed by atoms with Crippen molar-refractivity contribution in [1.82, 2.24) is 9.38 Å². The third kappa shape index (κ3) is 2.90. The third-order valence-corrected chi connectivity index (χ3v) is 4.75. The predicted octanol–water partition coefficient (Wildman–Crippen LogP) is 5.46. The van der Waals surface area contributed by atoms with Crippen molar-refractivity contribution in [3.8, 4) is 0 Å². The van der Waals surface area contributed by atoms with Crippen LogP contribution < -0.4 is 0 Å². The van der Waals surface area contributed by atoms with Crippen LogP contribution in [0.25, 0.3) is 21.8 Å². The fourth-order valence-corrected chi connectivity index (χ4v) is 3.49. The van der Waals surface area contributed by atoms with Crippen molar-refractivity contribution < 1.29 is 18.0 Å². The average molecular weight is 372 g/mol. The van der Waals surface area contributed by atoms with E-state index in [-0.39, 0.29) is 16.4 Å². The van der Waals surface area contributed by atoms with E-state index in [0.29, 0.717) is 5.56 Å². The number of carbonyl (C=O) groups is 1. The van der Waals surface area contributed by atoms with Gasteiger partial charge in [-0.3, -0.25) is 9.20 Å². The molecule has 130 valence electrons. The molecule has 0 saturated heterocycles. The first-order chi connectivity index (χ1) is 12.4. The van der Waals surface area contributed by atoms with Crippen molar-refractivity contribution in [2.75, 3.05) is 0 Å². The highest BCUT2D eigenvalue weighted by Crippen LogP contribution is 2.33. The molecule has 0 aliphatic rings. The molecule has 0 aliphatic heterocycles. The summed E-state index contributed by atoms with van der Waals surface area (Å²) in [5.41, 5.74) is -0.727. The number of allylic oxidation sites excluding steroid dienone is 1. The first kappa shape index (κ1) is 16.5. The lowest BCUT2D eigenvalue weighted by Gasteiger charge is -2.04. The van der Waals surface area contributed by atoms with Gasteiger partial charge in [-0.15, -0.1) is 11.3 Å². The van der Waals surface area contributed by atoms with Gasteiger partial charge < -0.3 is 0 Å². The lowest BCUT2D eigenvalue weighted by atomic mass is 10.0. The van der Waals surface area contributed by atoms with E-state index in [1.54, 1.807) is 17.5 Å². The van der Waals surface area contributed by atoms with Crippen molar-refractivity contribution in [2.45, 2.75) is 6.18 Å². The number of benzene rings is 2. The van der Waals surface area contributed by atoms with Crippen molar-refractivity contribution in [3.63, 3.8) is 0 Å². The number of alkyl halides is 3. The third-order valence-electron chi connectivity index (χ3n) is 3.99. The first-order valence-corrected chi connectivity index (χ1v) is 8.55. The number of aromatic nitrogens is 2. The molecule has 0 bridgehead atoms. The Morgan fingerprint density at radius 1 is 1.12 bits per heavy atom. The van der Waals surface area contributed by atoms with Crippen LogP contribution in [0.1, 0.15) is 21.7 Å². The highest BCUT2D eigenvalue weighted by atomic mass is 32.1. The van der Waals surface area contributed by atoms with Crippen LogP contribution >= 0.6 is 11.3 Å². The zero-order valence-corrected chi connectivity index (χ0v) is 14.0. The van der Waals surface area contributed by atoms with Gasteiger partial charge in [-0.25, -0.2) is 4.98 Å². The van der Waals surface area contributed by atoms with Gasteiger partial charge in [0.05, 0.1) is 5.69 Å². The van der Waals surface area contributed by atoms with Crippen LogP contribution in [0.3, 0.4) is 0 Å². The minimum Gasteiger partial charge on any atom is -0.290 e.